The number of carbonyl (C=O) groups is 1. The number of hydrogen-bond acceptors (Lipinski definition) is 5. The Labute approximate surface area is 124 Å². The molecule has 0 aromatic carbocycles. The highest BCUT2D eigenvalue weighted by atomic mass is 16.6. The fourth-order valence-corrected chi connectivity index (χ4v) is 2.32. The minimum absolute atomic E-state index is 0.0932. The Morgan fingerprint density at radius 2 is 2.14 bits per heavy atom. The topological polar surface area (TPSA) is 88.5 Å². The first kappa shape index (κ1) is 17.3. The zero-order chi connectivity index (χ0) is 15.8. The minimum atomic E-state index is -0.517. The van der Waals surface area contributed by atoms with Gasteiger partial charge < -0.3 is 9.72 Å². The van der Waals surface area contributed by atoms with E-state index in [9.17, 15) is 14.9 Å². The van der Waals surface area contributed by atoms with Gasteiger partial charge in [-0.2, -0.15) is 0 Å². The maximum atomic E-state index is 12.3. The van der Waals surface area contributed by atoms with E-state index in [1.165, 1.54) is 12.3 Å². The lowest BCUT2D eigenvalue weighted by atomic mass is 10.1. The average Bonchev–Trinajstić information content (AvgIpc) is 2.95. The van der Waals surface area contributed by atoms with Crippen LogP contribution in [0.15, 0.2) is 12.3 Å². The van der Waals surface area contributed by atoms with E-state index >= 15 is 0 Å². The van der Waals surface area contributed by atoms with Gasteiger partial charge in [-0.1, -0.05) is 13.8 Å². The molecule has 0 aliphatic rings. The number of ketones is 1. The molecule has 0 aliphatic heterocycles. The molecule has 0 amide bonds. The van der Waals surface area contributed by atoms with Crippen molar-refractivity contribution in [3.8, 4) is 0 Å². The predicted molar refractivity (Wildman–Crippen MR) is 79.6 cm³/mol. The van der Waals surface area contributed by atoms with Gasteiger partial charge in [-0.15, -0.1) is 0 Å². The van der Waals surface area contributed by atoms with E-state index < -0.39 is 4.92 Å². The first-order valence-corrected chi connectivity index (χ1v) is 7.12. The second kappa shape index (κ2) is 8.53. The molecular formula is C14H23N3O4. The SMILES string of the molecule is CCC(CC)N(CCOC)CC(=O)c1cc([N+](=O)[O-])c[nH]1. The highest BCUT2D eigenvalue weighted by Crippen LogP contribution is 2.14. The number of rotatable bonds is 10. The van der Waals surface area contributed by atoms with Gasteiger partial charge in [0.25, 0.3) is 5.69 Å². The van der Waals surface area contributed by atoms with Gasteiger partial charge in [0.05, 0.1) is 30.0 Å². The van der Waals surface area contributed by atoms with Crippen LogP contribution in [0.1, 0.15) is 37.2 Å². The summed E-state index contributed by atoms with van der Waals surface area (Å²) in [4.78, 5) is 27.1. The Hall–Kier alpha value is -1.73. The standard InChI is InChI=1S/C14H23N3O4/c1-4-11(5-2)16(6-7-21-3)10-14(18)13-8-12(9-15-13)17(19)20/h8-9,11,15H,4-7,10H2,1-3H3. The normalized spacial score (nSPS) is 11.3. The van der Waals surface area contributed by atoms with Gasteiger partial charge in [0.2, 0.25) is 0 Å². The highest BCUT2D eigenvalue weighted by Gasteiger charge is 2.21. The molecular weight excluding hydrogens is 274 g/mol. The lowest BCUT2D eigenvalue weighted by Crippen LogP contribution is -2.40. The summed E-state index contributed by atoms with van der Waals surface area (Å²) >= 11 is 0. The van der Waals surface area contributed by atoms with Crippen LogP contribution in [0, 0.1) is 10.1 Å². The molecule has 1 N–H and O–H groups in total. The quantitative estimate of drug-likeness (QED) is 0.406. The number of methoxy groups -OCH3 is 1. The van der Waals surface area contributed by atoms with Gasteiger partial charge in [-0.3, -0.25) is 19.8 Å². The van der Waals surface area contributed by atoms with Crippen molar-refractivity contribution in [2.75, 3.05) is 26.8 Å². The number of H-pyrrole nitrogens is 1. The first-order valence-electron chi connectivity index (χ1n) is 7.12. The number of carbonyl (C=O) groups excluding carboxylic acids is 1. The number of Topliss-reactive ketones (excluding diaryl/α,β-unsaturated/α-hetero) is 1. The maximum absolute atomic E-state index is 12.3. The van der Waals surface area contributed by atoms with E-state index in [4.69, 9.17) is 4.74 Å². The summed E-state index contributed by atoms with van der Waals surface area (Å²) in [6.07, 6.45) is 3.13. The summed E-state index contributed by atoms with van der Waals surface area (Å²) < 4.78 is 5.08. The van der Waals surface area contributed by atoms with Crippen LogP contribution in [-0.4, -0.2) is 53.4 Å². The van der Waals surface area contributed by atoms with Crippen LogP contribution in [0.2, 0.25) is 0 Å². The number of ether oxygens (including phenoxy) is 1. The monoisotopic (exact) mass is 297 g/mol. The van der Waals surface area contributed by atoms with Crippen LogP contribution in [-0.2, 0) is 4.74 Å². The fourth-order valence-electron chi connectivity index (χ4n) is 2.32. The zero-order valence-electron chi connectivity index (χ0n) is 12.8. The van der Waals surface area contributed by atoms with Gasteiger partial charge >= 0.3 is 0 Å². The molecule has 0 radical (unpaired) electrons. The minimum Gasteiger partial charge on any atom is -0.383 e. The molecule has 0 fully saturated rings. The third-order valence-corrected chi connectivity index (χ3v) is 3.57. The Bertz CT molecular complexity index is 469. The van der Waals surface area contributed by atoms with Crippen molar-refractivity contribution >= 4 is 11.5 Å². The molecule has 0 spiro atoms. The van der Waals surface area contributed by atoms with Gasteiger partial charge in [0.15, 0.2) is 5.78 Å². The number of hydrogen-bond donors (Lipinski definition) is 1. The third-order valence-electron chi connectivity index (χ3n) is 3.57. The smallest absolute Gasteiger partial charge is 0.287 e. The fraction of sp³-hybridized carbons (Fsp3) is 0.643. The second-order valence-corrected chi connectivity index (χ2v) is 4.89. The van der Waals surface area contributed by atoms with Gasteiger partial charge in [0, 0.05) is 25.8 Å². The molecule has 0 saturated heterocycles. The number of nitrogens with zero attached hydrogens (tertiary/aromatic N) is 2. The van der Waals surface area contributed by atoms with Crippen molar-refractivity contribution in [3.05, 3.63) is 28.1 Å². The second-order valence-electron chi connectivity index (χ2n) is 4.89. The van der Waals surface area contributed by atoms with Crippen LogP contribution in [0.25, 0.3) is 0 Å². The number of nitro groups is 1. The summed E-state index contributed by atoms with van der Waals surface area (Å²) in [6, 6.07) is 1.58. The van der Waals surface area contributed by atoms with Gasteiger partial charge in [-0.05, 0) is 12.8 Å². The molecule has 118 valence electrons. The summed E-state index contributed by atoms with van der Waals surface area (Å²) in [5, 5.41) is 10.6. The highest BCUT2D eigenvalue weighted by molar-refractivity contribution is 5.96. The molecule has 0 bridgehead atoms. The molecule has 1 rings (SSSR count). The van der Waals surface area contributed by atoms with E-state index in [-0.39, 0.29) is 23.7 Å². The Morgan fingerprint density at radius 3 is 2.62 bits per heavy atom. The molecule has 0 aliphatic carbocycles. The van der Waals surface area contributed by atoms with Crippen LogP contribution >= 0.6 is 0 Å². The predicted octanol–water partition coefficient (Wildman–Crippen LogP) is 2.24. The summed E-state index contributed by atoms with van der Waals surface area (Å²) in [6.45, 7) is 5.61. The molecule has 0 unspecified atom stereocenters. The van der Waals surface area contributed by atoms with Crippen LogP contribution in [0.5, 0.6) is 0 Å². The molecule has 1 heterocycles. The van der Waals surface area contributed by atoms with Gasteiger partial charge in [0.1, 0.15) is 0 Å². The van der Waals surface area contributed by atoms with E-state index in [1.807, 2.05) is 0 Å². The number of aromatic nitrogens is 1. The largest absolute Gasteiger partial charge is 0.383 e. The molecule has 7 heteroatoms. The molecule has 0 saturated carbocycles. The Balaban J connectivity index is 2.75. The van der Waals surface area contributed by atoms with Gasteiger partial charge in [-0.25, -0.2) is 0 Å². The molecule has 1 aromatic heterocycles. The lowest BCUT2D eigenvalue weighted by Gasteiger charge is -2.29. The molecule has 0 atom stereocenters. The van der Waals surface area contributed by atoms with E-state index in [0.29, 0.717) is 19.2 Å². The van der Waals surface area contributed by atoms with Crippen LogP contribution < -0.4 is 0 Å². The first-order chi connectivity index (χ1) is 10.0. The van der Waals surface area contributed by atoms with Crippen molar-refractivity contribution in [1.82, 2.24) is 9.88 Å². The van der Waals surface area contributed by atoms with Crippen molar-refractivity contribution in [3.63, 3.8) is 0 Å². The lowest BCUT2D eigenvalue weighted by molar-refractivity contribution is -0.384. The molecule has 7 nitrogen and oxygen atoms in total. The Morgan fingerprint density at radius 1 is 1.48 bits per heavy atom. The molecule has 1 aromatic rings. The number of nitrogens with one attached hydrogen (secondary N) is 1. The summed E-state index contributed by atoms with van der Waals surface area (Å²) in [7, 11) is 1.63. The van der Waals surface area contributed by atoms with E-state index in [2.05, 4.69) is 23.7 Å². The summed E-state index contributed by atoms with van der Waals surface area (Å²) in [5.41, 5.74) is 0.180. The van der Waals surface area contributed by atoms with Crippen molar-refractivity contribution < 1.29 is 14.5 Å². The zero-order valence-corrected chi connectivity index (χ0v) is 12.8. The van der Waals surface area contributed by atoms with Crippen LogP contribution in [0.3, 0.4) is 0 Å². The van der Waals surface area contributed by atoms with E-state index in [0.717, 1.165) is 12.8 Å². The Kier molecular flexibility index (Phi) is 7.04. The number of aromatic amines is 1. The van der Waals surface area contributed by atoms with Crippen molar-refractivity contribution in [2.45, 2.75) is 32.7 Å². The average molecular weight is 297 g/mol. The maximum Gasteiger partial charge on any atom is 0.287 e. The summed E-state index contributed by atoms with van der Waals surface area (Å²) in [5.74, 6) is -0.147. The third kappa shape index (κ3) is 4.95. The molecule has 21 heavy (non-hydrogen) atoms. The van der Waals surface area contributed by atoms with Crippen molar-refractivity contribution in [1.29, 1.82) is 0 Å². The van der Waals surface area contributed by atoms with Crippen molar-refractivity contribution in [2.24, 2.45) is 0 Å². The van der Waals surface area contributed by atoms with Crippen LogP contribution in [0.4, 0.5) is 5.69 Å². The van der Waals surface area contributed by atoms with E-state index in [1.54, 1.807) is 7.11 Å².